The number of benzene rings is 2. The standard InChI is InChI=1S/C21H24N2O3/c1-16-20(15-25-13-17-8-4-2-5-9-17)23(24)19(12-22)21(16)26-14-18-10-6-3-7-11-18/h2-11,16,19-21,24H,13-15H2,1H3/t16-,19+,20+,21-/m0/s1. The first-order chi connectivity index (χ1) is 12.7. The van der Waals surface area contributed by atoms with Crippen molar-refractivity contribution >= 4 is 0 Å². The number of rotatable bonds is 7. The van der Waals surface area contributed by atoms with Gasteiger partial charge in [0.25, 0.3) is 0 Å². The van der Waals surface area contributed by atoms with Crippen molar-refractivity contribution < 1.29 is 14.7 Å². The summed E-state index contributed by atoms with van der Waals surface area (Å²) < 4.78 is 11.8. The van der Waals surface area contributed by atoms with Gasteiger partial charge in [-0.2, -0.15) is 10.3 Å². The van der Waals surface area contributed by atoms with Gasteiger partial charge in [0.15, 0.2) is 0 Å². The lowest BCUT2D eigenvalue weighted by Gasteiger charge is -2.21. The molecule has 1 fully saturated rings. The Morgan fingerprint density at radius 3 is 2.15 bits per heavy atom. The predicted molar refractivity (Wildman–Crippen MR) is 97.1 cm³/mol. The first-order valence-electron chi connectivity index (χ1n) is 8.84. The van der Waals surface area contributed by atoms with E-state index in [-0.39, 0.29) is 18.1 Å². The van der Waals surface area contributed by atoms with E-state index in [0.29, 0.717) is 19.8 Å². The first-order valence-corrected chi connectivity index (χ1v) is 8.84. The van der Waals surface area contributed by atoms with Crippen LogP contribution in [0, 0.1) is 17.2 Å². The SMILES string of the molecule is C[C@@H]1[C@H](OCc2ccccc2)[C@@H](C#N)N(O)[C@@H]1COCc1ccccc1. The normalized spacial score (nSPS) is 25.9. The van der Waals surface area contributed by atoms with Crippen molar-refractivity contribution in [2.24, 2.45) is 5.92 Å². The van der Waals surface area contributed by atoms with Crippen LogP contribution in [0.25, 0.3) is 0 Å². The van der Waals surface area contributed by atoms with Gasteiger partial charge in [0.05, 0.1) is 38.0 Å². The summed E-state index contributed by atoms with van der Waals surface area (Å²) >= 11 is 0. The lowest BCUT2D eigenvalue weighted by molar-refractivity contribution is -0.146. The second-order valence-electron chi connectivity index (χ2n) is 6.64. The molecule has 0 aromatic heterocycles. The Bertz CT molecular complexity index is 717. The largest absolute Gasteiger partial charge is 0.375 e. The zero-order valence-corrected chi connectivity index (χ0v) is 14.9. The van der Waals surface area contributed by atoms with Crippen molar-refractivity contribution in [3.8, 4) is 6.07 Å². The maximum atomic E-state index is 10.4. The minimum absolute atomic E-state index is 0.0239. The van der Waals surface area contributed by atoms with E-state index in [0.717, 1.165) is 16.2 Å². The zero-order valence-electron chi connectivity index (χ0n) is 14.9. The molecule has 0 saturated carbocycles. The van der Waals surface area contributed by atoms with Crippen LogP contribution in [0.1, 0.15) is 18.1 Å². The summed E-state index contributed by atoms with van der Waals surface area (Å²) in [6.45, 7) is 3.23. The fourth-order valence-electron chi connectivity index (χ4n) is 3.35. The van der Waals surface area contributed by atoms with E-state index in [1.165, 1.54) is 0 Å². The van der Waals surface area contributed by atoms with Crippen LogP contribution < -0.4 is 0 Å². The second-order valence-corrected chi connectivity index (χ2v) is 6.64. The Morgan fingerprint density at radius 2 is 1.58 bits per heavy atom. The predicted octanol–water partition coefficient (Wildman–Crippen LogP) is 3.39. The average molecular weight is 352 g/mol. The number of hydrogen-bond donors (Lipinski definition) is 1. The van der Waals surface area contributed by atoms with E-state index in [1.54, 1.807) is 0 Å². The number of hydrogen-bond acceptors (Lipinski definition) is 5. The van der Waals surface area contributed by atoms with Crippen molar-refractivity contribution in [2.45, 2.75) is 38.3 Å². The van der Waals surface area contributed by atoms with Crippen molar-refractivity contribution in [3.63, 3.8) is 0 Å². The maximum absolute atomic E-state index is 10.4. The summed E-state index contributed by atoms with van der Waals surface area (Å²) in [7, 11) is 0. The first kappa shape index (κ1) is 18.6. The highest BCUT2D eigenvalue weighted by atomic mass is 16.5. The van der Waals surface area contributed by atoms with Crippen LogP contribution in [0.4, 0.5) is 0 Å². The third kappa shape index (κ3) is 4.29. The molecule has 2 aromatic carbocycles. The lowest BCUT2D eigenvalue weighted by Crippen LogP contribution is -2.37. The van der Waals surface area contributed by atoms with Gasteiger partial charge in [0.1, 0.15) is 6.04 Å². The molecule has 0 amide bonds. The summed E-state index contributed by atoms with van der Waals surface area (Å²) in [5, 5.41) is 21.0. The van der Waals surface area contributed by atoms with Crippen molar-refractivity contribution in [3.05, 3.63) is 71.8 Å². The Morgan fingerprint density at radius 1 is 1.00 bits per heavy atom. The Labute approximate surface area is 154 Å². The summed E-state index contributed by atoms with van der Waals surface area (Å²) in [6.07, 6.45) is -0.365. The Balaban J connectivity index is 1.58. The molecule has 1 N–H and O–H groups in total. The van der Waals surface area contributed by atoms with Gasteiger partial charge in [-0.15, -0.1) is 0 Å². The quantitative estimate of drug-likeness (QED) is 0.827. The van der Waals surface area contributed by atoms with Gasteiger partial charge in [0.2, 0.25) is 0 Å². The van der Waals surface area contributed by atoms with Crippen LogP contribution in [-0.2, 0) is 22.7 Å². The highest BCUT2D eigenvalue weighted by molar-refractivity contribution is 5.15. The molecule has 5 heteroatoms. The lowest BCUT2D eigenvalue weighted by atomic mass is 9.98. The summed E-state index contributed by atoms with van der Waals surface area (Å²) in [5.41, 5.74) is 2.13. The average Bonchev–Trinajstić information content (AvgIpc) is 2.91. The summed E-state index contributed by atoms with van der Waals surface area (Å²) in [6, 6.07) is 20.9. The topological polar surface area (TPSA) is 65.7 Å². The number of hydroxylamine groups is 2. The molecule has 0 bridgehead atoms. The van der Waals surface area contributed by atoms with Gasteiger partial charge in [-0.25, -0.2) is 0 Å². The van der Waals surface area contributed by atoms with Crippen molar-refractivity contribution in [1.29, 1.82) is 5.26 Å². The second kappa shape index (κ2) is 8.93. The monoisotopic (exact) mass is 352 g/mol. The van der Waals surface area contributed by atoms with E-state index < -0.39 is 6.04 Å². The highest BCUT2D eigenvalue weighted by Crippen LogP contribution is 2.31. The fourth-order valence-corrected chi connectivity index (χ4v) is 3.35. The molecule has 0 unspecified atom stereocenters. The van der Waals surface area contributed by atoms with Gasteiger partial charge in [0, 0.05) is 5.92 Å². The molecule has 5 nitrogen and oxygen atoms in total. The molecule has 1 aliphatic rings. The number of ether oxygens (including phenoxy) is 2. The molecule has 1 saturated heterocycles. The molecule has 0 spiro atoms. The fraction of sp³-hybridized carbons (Fsp3) is 0.381. The van der Waals surface area contributed by atoms with Gasteiger partial charge in [-0.3, -0.25) is 0 Å². The molecule has 1 heterocycles. The van der Waals surface area contributed by atoms with Crippen LogP contribution in [0.5, 0.6) is 0 Å². The minimum Gasteiger partial charge on any atom is -0.375 e. The zero-order chi connectivity index (χ0) is 18.4. The van der Waals surface area contributed by atoms with Crippen LogP contribution >= 0.6 is 0 Å². The molecule has 136 valence electrons. The molecule has 1 aliphatic heterocycles. The third-order valence-electron chi connectivity index (χ3n) is 4.88. The van der Waals surface area contributed by atoms with Crippen LogP contribution in [-0.4, -0.2) is 35.1 Å². The highest BCUT2D eigenvalue weighted by Gasteiger charge is 2.47. The van der Waals surface area contributed by atoms with Crippen LogP contribution in [0.2, 0.25) is 0 Å². The molecule has 3 rings (SSSR count). The van der Waals surface area contributed by atoms with E-state index in [2.05, 4.69) is 6.07 Å². The Kier molecular flexibility index (Phi) is 6.37. The van der Waals surface area contributed by atoms with Gasteiger partial charge in [-0.05, 0) is 11.1 Å². The molecule has 26 heavy (non-hydrogen) atoms. The van der Waals surface area contributed by atoms with Crippen LogP contribution in [0.3, 0.4) is 0 Å². The molecular weight excluding hydrogens is 328 g/mol. The number of nitriles is 1. The minimum atomic E-state index is -0.695. The van der Waals surface area contributed by atoms with Crippen molar-refractivity contribution in [2.75, 3.05) is 6.61 Å². The molecule has 4 atom stereocenters. The van der Waals surface area contributed by atoms with Gasteiger partial charge in [-0.1, -0.05) is 67.6 Å². The van der Waals surface area contributed by atoms with E-state index in [9.17, 15) is 10.5 Å². The van der Waals surface area contributed by atoms with Crippen LogP contribution in [0.15, 0.2) is 60.7 Å². The molecular formula is C21H24N2O3. The molecule has 0 radical (unpaired) electrons. The van der Waals surface area contributed by atoms with Crippen molar-refractivity contribution in [1.82, 2.24) is 5.06 Å². The molecule has 0 aliphatic carbocycles. The maximum Gasteiger partial charge on any atom is 0.148 e. The summed E-state index contributed by atoms with van der Waals surface area (Å²) in [5.74, 6) is -0.0239. The smallest absolute Gasteiger partial charge is 0.148 e. The summed E-state index contributed by atoms with van der Waals surface area (Å²) in [4.78, 5) is 0. The Hall–Kier alpha value is -2.23. The van der Waals surface area contributed by atoms with Gasteiger partial charge < -0.3 is 14.7 Å². The van der Waals surface area contributed by atoms with Gasteiger partial charge >= 0.3 is 0 Å². The molecule has 2 aromatic rings. The van der Waals surface area contributed by atoms with E-state index >= 15 is 0 Å². The third-order valence-corrected chi connectivity index (χ3v) is 4.88. The van der Waals surface area contributed by atoms with E-state index in [4.69, 9.17) is 9.47 Å². The number of nitrogens with zero attached hydrogens (tertiary/aromatic N) is 2. The van der Waals surface area contributed by atoms with E-state index in [1.807, 2.05) is 67.6 Å².